The number of nitrogens with zero attached hydrogens (tertiary/aromatic N) is 1. The number of ether oxygens (including phenoxy) is 2. The van der Waals surface area contributed by atoms with Crippen molar-refractivity contribution in [3.63, 3.8) is 0 Å². The number of carbonyl (C=O) groups excluding carboxylic acids is 3. The van der Waals surface area contributed by atoms with Crippen LogP contribution in [-0.2, 0) is 23.9 Å². The predicted molar refractivity (Wildman–Crippen MR) is 113 cm³/mol. The lowest BCUT2D eigenvalue weighted by Crippen LogP contribution is -2.52. The third-order valence-corrected chi connectivity index (χ3v) is 5.15. The third-order valence-electron chi connectivity index (χ3n) is 5.15. The van der Waals surface area contributed by atoms with Gasteiger partial charge in [0.15, 0.2) is 0 Å². The first-order valence-electron chi connectivity index (χ1n) is 9.98. The van der Waals surface area contributed by atoms with Crippen LogP contribution in [0.5, 0.6) is 0 Å². The second-order valence-electron chi connectivity index (χ2n) is 7.22. The number of para-hydroxylation sites is 1. The van der Waals surface area contributed by atoms with E-state index in [0.29, 0.717) is 11.3 Å². The molecule has 31 heavy (non-hydrogen) atoms. The lowest BCUT2D eigenvalue weighted by molar-refractivity contribution is -0.162. The zero-order valence-corrected chi connectivity index (χ0v) is 17.7. The first-order chi connectivity index (χ1) is 14.8. The van der Waals surface area contributed by atoms with Gasteiger partial charge in [-0.15, -0.1) is 0 Å². The maximum atomic E-state index is 15.0. The molecule has 0 bridgehead atoms. The van der Waals surface area contributed by atoms with Crippen LogP contribution in [0.2, 0.25) is 0 Å². The molecule has 0 unspecified atom stereocenters. The van der Waals surface area contributed by atoms with E-state index in [-0.39, 0.29) is 19.8 Å². The number of esters is 1. The maximum absolute atomic E-state index is 15.0. The number of hydrogen-bond donors (Lipinski definition) is 1. The van der Waals surface area contributed by atoms with Gasteiger partial charge < -0.3 is 19.7 Å². The fourth-order valence-electron chi connectivity index (χ4n) is 3.52. The van der Waals surface area contributed by atoms with Crippen LogP contribution in [0, 0.1) is 0 Å². The van der Waals surface area contributed by atoms with Crippen LogP contribution < -0.4 is 10.2 Å². The van der Waals surface area contributed by atoms with E-state index >= 15 is 0 Å². The Balaban J connectivity index is 2.07. The maximum Gasteiger partial charge on any atom is 0.353 e. The Kier molecular flexibility index (Phi) is 6.70. The normalized spacial score (nSPS) is 17.1. The number of rotatable bonds is 7. The first kappa shape index (κ1) is 22.4. The van der Waals surface area contributed by atoms with E-state index in [1.807, 2.05) is 36.4 Å². The number of halogens is 1. The number of anilines is 1. The van der Waals surface area contributed by atoms with E-state index in [9.17, 15) is 18.8 Å². The molecule has 2 aromatic carbocycles. The van der Waals surface area contributed by atoms with Crippen LogP contribution in [-0.4, -0.2) is 50.3 Å². The zero-order valence-electron chi connectivity index (χ0n) is 17.7. The second kappa shape index (κ2) is 9.26. The van der Waals surface area contributed by atoms with E-state index < -0.39 is 29.5 Å². The van der Waals surface area contributed by atoms with Crippen LogP contribution in [0.3, 0.4) is 0 Å². The summed E-state index contributed by atoms with van der Waals surface area (Å²) in [6.07, 6.45) is 0. The molecule has 7 nitrogen and oxygen atoms in total. The number of hydrogen-bond acceptors (Lipinski definition) is 5. The molecule has 0 radical (unpaired) electrons. The van der Waals surface area contributed by atoms with Crippen LogP contribution in [0.1, 0.15) is 25.5 Å². The summed E-state index contributed by atoms with van der Waals surface area (Å²) in [4.78, 5) is 39.7. The molecule has 164 valence electrons. The number of benzene rings is 2. The van der Waals surface area contributed by atoms with Crippen molar-refractivity contribution in [1.29, 1.82) is 0 Å². The molecule has 2 atom stereocenters. The topological polar surface area (TPSA) is 84.9 Å². The highest BCUT2D eigenvalue weighted by Crippen LogP contribution is 2.40. The molecule has 0 saturated heterocycles. The summed E-state index contributed by atoms with van der Waals surface area (Å²) in [6.45, 7) is 2.77. The molecule has 0 aliphatic carbocycles. The van der Waals surface area contributed by atoms with Crippen LogP contribution in [0.25, 0.3) is 11.1 Å². The molecule has 2 aromatic rings. The molecule has 0 aromatic heterocycles. The lowest BCUT2D eigenvalue weighted by Gasteiger charge is -2.27. The smallest absolute Gasteiger partial charge is 0.353 e. The fraction of sp³-hybridized carbons (Fsp3) is 0.348. The average molecular weight is 428 g/mol. The number of methoxy groups -OCH3 is 1. The molecule has 0 fully saturated rings. The summed E-state index contributed by atoms with van der Waals surface area (Å²) in [6, 6.07) is 13.2. The number of fused-ring (bicyclic) bond motifs is 3. The van der Waals surface area contributed by atoms with Gasteiger partial charge in [-0.3, -0.25) is 9.59 Å². The molecule has 8 heteroatoms. The van der Waals surface area contributed by atoms with Crippen molar-refractivity contribution in [3.05, 3.63) is 54.1 Å². The average Bonchev–Trinajstić information content (AvgIpc) is 2.86. The highest BCUT2D eigenvalue weighted by atomic mass is 19.1. The molecule has 3 rings (SSSR count). The molecular formula is C23H25FN2O5. The van der Waals surface area contributed by atoms with Gasteiger partial charge in [-0.1, -0.05) is 42.5 Å². The summed E-state index contributed by atoms with van der Waals surface area (Å²) < 4.78 is 24.8. The number of carbonyl (C=O) groups is 3. The van der Waals surface area contributed by atoms with Crippen LogP contribution in [0.4, 0.5) is 10.1 Å². The molecule has 2 amide bonds. The van der Waals surface area contributed by atoms with E-state index in [2.05, 4.69) is 10.1 Å². The zero-order chi connectivity index (χ0) is 22.6. The number of nitrogens with one attached hydrogen (secondary N) is 1. The summed E-state index contributed by atoms with van der Waals surface area (Å²) in [5, 5.41) is 2.44. The quantitative estimate of drug-likeness (QED) is 0.542. The summed E-state index contributed by atoms with van der Waals surface area (Å²) in [5.74, 6) is -3.00. The molecular weight excluding hydrogens is 403 g/mol. The van der Waals surface area contributed by atoms with Gasteiger partial charge in [0.2, 0.25) is 0 Å². The van der Waals surface area contributed by atoms with Crippen molar-refractivity contribution in [3.8, 4) is 11.1 Å². The highest BCUT2D eigenvalue weighted by Gasteiger charge is 2.46. The van der Waals surface area contributed by atoms with Crippen molar-refractivity contribution < 1.29 is 28.2 Å². The Labute approximate surface area is 180 Å². The van der Waals surface area contributed by atoms with Gasteiger partial charge in [0.25, 0.3) is 17.5 Å². The van der Waals surface area contributed by atoms with Crippen molar-refractivity contribution in [2.45, 2.75) is 25.6 Å². The van der Waals surface area contributed by atoms with Crippen molar-refractivity contribution in [2.24, 2.45) is 0 Å². The SMILES string of the molecule is CCOC(=O)[C@@](C)(F)C(=O)N[C@@H]1C(=O)N(CCOC)c2ccccc2-c2ccccc21. The number of amides is 2. The van der Waals surface area contributed by atoms with Gasteiger partial charge >= 0.3 is 5.97 Å². The number of alkyl halides is 1. The second-order valence-corrected chi connectivity index (χ2v) is 7.22. The Morgan fingerprint density at radius 1 is 1.13 bits per heavy atom. The summed E-state index contributed by atoms with van der Waals surface area (Å²) >= 11 is 0. The van der Waals surface area contributed by atoms with E-state index in [0.717, 1.165) is 18.1 Å². The minimum Gasteiger partial charge on any atom is -0.463 e. The molecule has 0 spiro atoms. The standard InChI is InChI=1S/C23H25FN2O5/c1-4-31-22(29)23(2,24)21(28)25-19-17-11-6-5-9-15(17)16-10-7-8-12-18(16)26(20(19)27)13-14-30-3/h5-12,19H,4,13-14H2,1-3H3,(H,25,28)/t19-,23-/m0/s1. The van der Waals surface area contributed by atoms with Gasteiger partial charge in [0.05, 0.1) is 18.9 Å². The predicted octanol–water partition coefficient (Wildman–Crippen LogP) is 2.80. The Morgan fingerprint density at radius 2 is 1.77 bits per heavy atom. The monoisotopic (exact) mass is 428 g/mol. The molecule has 1 aliphatic rings. The van der Waals surface area contributed by atoms with E-state index in [1.165, 1.54) is 18.9 Å². The molecule has 1 aliphatic heterocycles. The van der Waals surface area contributed by atoms with Gasteiger partial charge in [-0.05, 0) is 31.0 Å². The Morgan fingerprint density at radius 3 is 2.45 bits per heavy atom. The molecule has 1 heterocycles. The molecule has 0 saturated carbocycles. The Hall–Kier alpha value is -3.26. The van der Waals surface area contributed by atoms with Crippen molar-refractivity contribution in [2.75, 3.05) is 31.8 Å². The van der Waals surface area contributed by atoms with E-state index in [1.54, 1.807) is 12.1 Å². The molecule has 1 N–H and O–H groups in total. The van der Waals surface area contributed by atoms with Crippen LogP contribution in [0.15, 0.2) is 48.5 Å². The first-order valence-corrected chi connectivity index (χ1v) is 9.98. The van der Waals surface area contributed by atoms with Crippen LogP contribution >= 0.6 is 0 Å². The highest BCUT2D eigenvalue weighted by molar-refractivity contribution is 6.10. The largest absolute Gasteiger partial charge is 0.463 e. The van der Waals surface area contributed by atoms with Gasteiger partial charge in [0.1, 0.15) is 6.04 Å². The van der Waals surface area contributed by atoms with Gasteiger partial charge in [0, 0.05) is 19.2 Å². The summed E-state index contributed by atoms with van der Waals surface area (Å²) in [5.41, 5.74) is -0.252. The van der Waals surface area contributed by atoms with E-state index in [4.69, 9.17) is 4.74 Å². The van der Waals surface area contributed by atoms with Crippen molar-refractivity contribution in [1.82, 2.24) is 5.32 Å². The summed E-state index contributed by atoms with van der Waals surface area (Å²) in [7, 11) is 1.52. The third kappa shape index (κ3) is 4.29. The van der Waals surface area contributed by atoms with Gasteiger partial charge in [-0.25, -0.2) is 9.18 Å². The van der Waals surface area contributed by atoms with Crippen molar-refractivity contribution >= 4 is 23.5 Å². The van der Waals surface area contributed by atoms with Gasteiger partial charge in [-0.2, -0.15) is 0 Å². The fourth-order valence-corrected chi connectivity index (χ4v) is 3.52. The lowest BCUT2D eigenvalue weighted by atomic mass is 9.95. The minimum atomic E-state index is -2.94. The Bertz CT molecular complexity index is 991. The minimum absolute atomic E-state index is 0.0725.